The number of fused-ring (bicyclic) bond motifs is 6. The molecular weight excluding hydrogens is 774 g/mol. The lowest BCUT2D eigenvalue weighted by Gasteiger charge is -2.22. The predicted octanol–water partition coefficient (Wildman–Crippen LogP) is 16.2. The van der Waals surface area contributed by atoms with Crippen molar-refractivity contribution in [3.05, 3.63) is 148 Å². The lowest BCUT2D eigenvalue weighted by Crippen LogP contribution is -2.11. The molecule has 7 heteroatoms. The van der Waals surface area contributed by atoms with Gasteiger partial charge in [-0.1, -0.05) is 113 Å². The van der Waals surface area contributed by atoms with Crippen molar-refractivity contribution in [2.24, 2.45) is 0 Å². The summed E-state index contributed by atoms with van der Waals surface area (Å²) in [5.41, 5.74) is 7.99. The van der Waals surface area contributed by atoms with Gasteiger partial charge in [0.2, 0.25) is 0 Å². The first-order valence-electron chi connectivity index (χ1n) is 21.2. The highest BCUT2D eigenvalue weighted by atomic mass is 19.4. The Morgan fingerprint density at radius 3 is 1.13 bits per heavy atom. The van der Waals surface area contributed by atoms with E-state index in [1.165, 1.54) is 23.3 Å². The minimum absolute atomic E-state index is 0.0670. The van der Waals surface area contributed by atoms with E-state index < -0.39 is 11.7 Å². The van der Waals surface area contributed by atoms with Crippen LogP contribution in [-0.2, 0) is 27.8 Å². The van der Waals surface area contributed by atoms with Crippen LogP contribution < -0.4 is 0 Å². The molecule has 0 spiro atoms. The van der Waals surface area contributed by atoms with E-state index in [9.17, 15) is 5.26 Å². The largest absolute Gasteiger partial charge is 0.417 e. The summed E-state index contributed by atoms with van der Waals surface area (Å²) in [6, 6.07) is 35.1. The number of benzene rings is 6. The van der Waals surface area contributed by atoms with Crippen LogP contribution in [0.3, 0.4) is 0 Å². The van der Waals surface area contributed by atoms with Gasteiger partial charge < -0.3 is 9.13 Å². The molecule has 0 saturated heterocycles. The van der Waals surface area contributed by atoms with Crippen LogP contribution in [-0.4, -0.2) is 9.13 Å². The monoisotopic (exact) mass is 826 g/mol. The highest BCUT2D eigenvalue weighted by molar-refractivity contribution is 6.12. The lowest BCUT2D eigenvalue weighted by atomic mass is 9.85. The average molecular weight is 827 g/mol. The molecule has 0 unspecified atom stereocenters. The summed E-state index contributed by atoms with van der Waals surface area (Å²) < 4.78 is 49.4. The fourth-order valence-corrected chi connectivity index (χ4v) is 8.75. The van der Waals surface area contributed by atoms with Gasteiger partial charge in [0.1, 0.15) is 0 Å². The standard InChI is InChI=1S/C55H53F3N4/c1-51(2,3)33-15-20-45-39(25-33)40-26-34(52(4,5)6)16-21-46(40)61(45)49-29-38(37-19-14-32(31-59)24-43(37)55(56,57)58)44(60-13)30-50(49)62-47-22-17-35(53(7,8)9)27-41(47)42-28-36(54(10,11)12)18-23-48(42)62/h14-30H,1-12H3. The highest BCUT2D eigenvalue weighted by Crippen LogP contribution is 2.47. The Morgan fingerprint density at radius 2 is 0.823 bits per heavy atom. The molecule has 2 heterocycles. The second-order valence-corrected chi connectivity index (χ2v) is 20.9. The Morgan fingerprint density at radius 1 is 0.468 bits per heavy atom. The molecule has 0 fully saturated rings. The normalized spacial score (nSPS) is 13.0. The van der Waals surface area contributed by atoms with Crippen LogP contribution in [0.25, 0.3) is 71.0 Å². The van der Waals surface area contributed by atoms with Crippen molar-refractivity contribution >= 4 is 49.3 Å². The van der Waals surface area contributed by atoms with Gasteiger partial charge in [0.05, 0.1) is 57.2 Å². The molecule has 0 radical (unpaired) electrons. The molecule has 6 aromatic carbocycles. The predicted molar refractivity (Wildman–Crippen MR) is 251 cm³/mol. The number of hydrogen-bond donors (Lipinski definition) is 0. The first kappa shape index (κ1) is 42.4. The third-order valence-electron chi connectivity index (χ3n) is 12.4. The minimum atomic E-state index is -4.79. The second kappa shape index (κ2) is 14.1. The third kappa shape index (κ3) is 7.12. The SMILES string of the molecule is [C-]#[N+]c1cc(-n2c3ccc(C(C)(C)C)cc3c3cc(C(C)(C)C)ccc32)c(-n2c3ccc(C(C)(C)C)cc3c3cc(C(C)(C)C)ccc32)cc1-c1ccc(C#N)cc1C(F)(F)F. The molecule has 0 bridgehead atoms. The van der Waals surface area contributed by atoms with Gasteiger partial charge in [-0.15, -0.1) is 0 Å². The number of nitrogens with zero attached hydrogens (tertiary/aromatic N) is 4. The van der Waals surface area contributed by atoms with Gasteiger partial charge in [0, 0.05) is 21.5 Å². The van der Waals surface area contributed by atoms with E-state index >= 15 is 13.2 Å². The first-order chi connectivity index (χ1) is 28.8. The first-order valence-corrected chi connectivity index (χ1v) is 21.2. The maximum atomic E-state index is 15.0. The fraction of sp³-hybridized carbons (Fsp3) is 0.309. The van der Waals surface area contributed by atoms with Crippen molar-refractivity contribution in [3.63, 3.8) is 0 Å². The summed E-state index contributed by atoms with van der Waals surface area (Å²) in [6.07, 6.45) is -4.79. The van der Waals surface area contributed by atoms with Crippen LogP contribution in [0.5, 0.6) is 0 Å². The maximum absolute atomic E-state index is 15.0. The van der Waals surface area contributed by atoms with Crippen LogP contribution in [0, 0.1) is 17.9 Å². The molecule has 8 rings (SSSR count). The van der Waals surface area contributed by atoms with Gasteiger partial charge >= 0.3 is 6.18 Å². The summed E-state index contributed by atoms with van der Waals surface area (Å²) in [5.74, 6) is 0. The number of halogens is 3. The molecule has 62 heavy (non-hydrogen) atoms. The van der Waals surface area contributed by atoms with Gasteiger partial charge in [0.25, 0.3) is 0 Å². The number of alkyl halides is 3. The summed E-state index contributed by atoms with van der Waals surface area (Å²) >= 11 is 0. The van der Waals surface area contributed by atoms with E-state index in [4.69, 9.17) is 6.57 Å². The molecule has 0 amide bonds. The van der Waals surface area contributed by atoms with Crippen molar-refractivity contribution in [2.75, 3.05) is 0 Å². The van der Waals surface area contributed by atoms with Crippen LogP contribution in [0.15, 0.2) is 103 Å². The van der Waals surface area contributed by atoms with E-state index in [-0.39, 0.29) is 44.0 Å². The van der Waals surface area contributed by atoms with Gasteiger partial charge in [-0.3, -0.25) is 0 Å². The van der Waals surface area contributed by atoms with Crippen molar-refractivity contribution in [3.8, 4) is 28.6 Å². The second-order valence-electron chi connectivity index (χ2n) is 20.9. The molecule has 4 nitrogen and oxygen atoms in total. The summed E-state index contributed by atoms with van der Waals surface area (Å²) in [4.78, 5) is 3.96. The van der Waals surface area contributed by atoms with Crippen LogP contribution in [0.1, 0.15) is 116 Å². The van der Waals surface area contributed by atoms with Crippen LogP contribution >= 0.6 is 0 Å². The number of aromatic nitrogens is 2. The smallest absolute Gasteiger partial charge is 0.308 e. The molecule has 8 aromatic rings. The molecule has 0 aliphatic rings. The van der Waals surface area contributed by atoms with Gasteiger partial charge in [-0.25, -0.2) is 4.85 Å². The quantitative estimate of drug-likeness (QED) is 0.164. The molecule has 0 aliphatic heterocycles. The van der Waals surface area contributed by atoms with Crippen LogP contribution in [0.2, 0.25) is 0 Å². The van der Waals surface area contributed by atoms with Crippen molar-refractivity contribution in [1.82, 2.24) is 9.13 Å². The van der Waals surface area contributed by atoms with E-state index in [0.717, 1.165) is 60.8 Å². The topological polar surface area (TPSA) is 38.0 Å². The Hall–Kier alpha value is -6.31. The van der Waals surface area contributed by atoms with E-state index in [2.05, 4.69) is 170 Å². The number of rotatable bonds is 3. The third-order valence-corrected chi connectivity index (χ3v) is 12.4. The van der Waals surface area contributed by atoms with Crippen molar-refractivity contribution < 1.29 is 13.2 Å². The Balaban J connectivity index is 1.60. The zero-order valence-corrected chi connectivity index (χ0v) is 37.7. The Bertz CT molecular complexity index is 3080. The summed E-state index contributed by atoms with van der Waals surface area (Å²) in [6.45, 7) is 34.9. The average Bonchev–Trinajstić information content (AvgIpc) is 3.69. The zero-order valence-electron chi connectivity index (χ0n) is 37.7. The summed E-state index contributed by atoms with van der Waals surface area (Å²) in [7, 11) is 0. The Kier molecular flexibility index (Phi) is 9.65. The van der Waals surface area contributed by atoms with Crippen molar-refractivity contribution in [1.29, 1.82) is 5.26 Å². The molecule has 0 saturated carbocycles. The lowest BCUT2D eigenvalue weighted by molar-refractivity contribution is -0.137. The van der Waals surface area contributed by atoms with Crippen molar-refractivity contribution in [2.45, 2.75) is 111 Å². The highest BCUT2D eigenvalue weighted by Gasteiger charge is 2.35. The zero-order chi connectivity index (χ0) is 45.1. The molecule has 0 atom stereocenters. The molecule has 314 valence electrons. The summed E-state index contributed by atoms with van der Waals surface area (Å²) in [5, 5.41) is 13.8. The maximum Gasteiger partial charge on any atom is 0.417 e. The molecular formula is C55H53F3N4. The number of hydrogen-bond acceptors (Lipinski definition) is 1. The van der Waals surface area contributed by atoms with E-state index in [1.54, 1.807) is 12.1 Å². The Labute approximate surface area is 363 Å². The van der Waals surface area contributed by atoms with Crippen LogP contribution in [0.4, 0.5) is 18.9 Å². The van der Waals surface area contributed by atoms with E-state index in [1.807, 2.05) is 6.07 Å². The molecule has 2 aromatic heterocycles. The van der Waals surface area contributed by atoms with Gasteiger partial charge in [0.15, 0.2) is 5.69 Å². The van der Waals surface area contributed by atoms with Gasteiger partial charge in [-0.2, -0.15) is 18.4 Å². The van der Waals surface area contributed by atoms with Gasteiger partial charge in [-0.05, 0) is 128 Å². The fourth-order valence-electron chi connectivity index (χ4n) is 8.75. The van der Waals surface area contributed by atoms with E-state index in [0.29, 0.717) is 11.4 Å². The minimum Gasteiger partial charge on any atom is -0.308 e. The number of nitriles is 1. The molecule has 0 N–H and O–H groups in total. The molecule has 0 aliphatic carbocycles.